The molecule has 1 aromatic carbocycles. The number of H-pyrrole nitrogens is 1. The van der Waals surface area contributed by atoms with Crippen LogP contribution in [0, 0.1) is 0 Å². The van der Waals surface area contributed by atoms with E-state index in [-0.39, 0.29) is 0 Å². The molecule has 0 aliphatic rings. The molecule has 5 aromatic rings. The lowest BCUT2D eigenvalue weighted by molar-refractivity contribution is -0.137. The Morgan fingerprint density at radius 1 is 0.793 bits per heavy atom. The van der Waals surface area contributed by atoms with E-state index in [0.717, 1.165) is 39.7 Å². The van der Waals surface area contributed by atoms with Gasteiger partial charge in [-0.3, -0.25) is 0 Å². The van der Waals surface area contributed by atoms with Gasteiger partial charge in [0.25, 0.3) is 0 Å². The smallest absolute Gasteiger partial charge is 0.346 e. The van der Waals surface area contributed by atoms with Gasteiger partial charge in [0.05, 0.1) is 11.3 Å². The second kappa shape index (κ2) is 6.41. The van der Waals surface area contributed by atoms with Crippen molar-refractivity contribution in [3.63, 3.8) is 0 Å². The second-order valence-corrected chi connectivity index (χ2v) is 6.61. The number of aromatic nitrogens is 4. The summed E-state index contributed by atoms with van der Waals surface area (Å²) in [6.45, 7) is 0. The molecule has 4 aromatic heterocycles. The Labute approximate surface area is 163 Å². The molecule has 0 atom stereocenters. The Morgan fingerprint density at radius 2 is 1.52 bits per heavy atom. The molecule has 1 N–H and O–H groups in total. The number of rotatable bonds is 2. The summed E-state index contributed by atoms with van der Waals surface area (Å²) in [5.74, 6) is 0. The molecular weight excluding hydrogens is 377 g/mol. The van der Waals surface area contributed by atoms with Crippen LogP contribution in [-0.2, 0) is 6.18 Å². The topological polar surface area (TPSA) is 54.5 Å². The second-order valence-electron chi connectivity index (χ2n) is 6.61. The maximum atomic E-state index is 12.9. The molecule has 0 unspecified atom stereocenters. The summed E-state index contributed by atoms with van der Waals surface area (Å²) in [5, 5.41) is 1.80. The zero-order chi connectivity index (χ0) is 20.0. The summed E-state index contributed by atoms with van der Waals surface area (Å²) >= 11 is 0. The summed E-state index contributed by atoms with van der Waals surface area (Å²) in [4.78, 5) is 16.4. The quantitative estimate of drug-likeness (QED) is 0.411. The van der Waals surface area contributed by atoms with Gasteiger partial charge in [-0.05, 0) is 48.0 Å². The van der Waals surface area contributed by atoms with Gasteiger partial charge < -0.3 is 4.98 Å². The Hall–Kier alpha value is -3.74. The van der Waals surface area contributed by atoms with Gasteiger partial charge >= 0.3 is 6.18 Å². The number of alkyl halides is 3. The van der Waals surface area contributed by atoms with Crippen LogP contribution in [0.2, 0.25) is 0 Å². The monoisotopic (exact) mass is 390 g/mol. The van der Waals surface area contributed by atoms with Crippen molar-refractivity contribution in [2.24, 2.45) is 0 Å². The molecule has 0 saturated carbocycles. The van der Waals surface area contributed by atoms with Gasteiger partial charge in [-0.25, -0.2) is 15.0 Å². The SMILES string of the molecule is FC(F)(F)c1ccc(-c2cc(-c3c[nH]c4ncccc34)c3cccnc3n2)cc1. The van der Waals surface area contributed by atoms with Gasteiger partial charge in [0.15, 0.2) is 5.65 Å². The number of aromatic amines is 1. The van der Waals surface area contributed by atoms with Gasteiger partial charge in [-0.1, -0.05) is 12.1 Å². The van der Waals surface area contributed by atoms with Crippen molar-refractivity contribution in [1.29, 1.82) is 0 Å². The van der Waals surface area contributed by atoms with Crippen LogP contribution in [0.5, 0.6) is 0 Å². The van der Waals surface area contributed by atoms with Gasteiger partial charge in [0, 0.05) is 40.5 Å². The molecule has 4 heterocycles. The summed E-state index contributed by atoms with van der Waals surface area (Å²) in [6.07, 6.45) is 0.851. The number of hydrogen-bond donors (Lipinski definition) is 1. The van der Waals surface area contributed by atoms with Gasteiger partial charge in [0.1, 0.15) is 5.65 Å². The number of fused-ring (bicyclic) bond motifs is 2. The molecule has 7 heteroatoms. The third kappa shape index (κ3) is 3.00. The lowest BCUT2D eigenvalue weighted by Crippen LogP contribution is -2.04. The number of pyridine rings is 3. The Bertz CT molecular complexity index is 1340. The van der Waals surface area contributed by atoms with Crippen molar-refractivity contribution in [1.82, 2.24) is 19.9 Å². The normalized spacial score (nSPS) is 12.0. The van der Waals surface area contributed by atoms with Crippen molar-refractivity contribution in [2.75, 3.05) is 0 Å². The Kier molecular flexibility index (Phi) is 3.84. The highest BCUT2D eigenvalue weighted by atomic mass is 19.4. The highest BCUT2D eigenvalue weighted by molar-refractivity contribution is 6.03. The molecule has 0 aliphatic heterocycles. The van der Waals surface area contributed by atoms with Gasteiger partial charge in [-0.15, -0.1) is 0 Å². The van der Waals surface area contributed by atoms with Crippen LogP contribution in [0.25, 0.3) is 44.5 Å². The molecule has 0 bridgehead atoms. The van der Waals surface area contributed by atoms with Crippen molar-refractivity contribution in [3.8, 4) is 22.4 Å². The first-order valence-corrected chi connectivity index (χ1v) is 8.86. The fraction of sp³-hybridized carbons (Fsp3) is 0.0455. The predicted octanol–water partition coefficient (Wildman–Crippen LogP) is 5.86. The minimum atomic E-state index is -4.38. The summed E-state index contributed by atoms with van der Waals surface area (Å²) < 4.78 is 38.7. The molecule has 29 heavy (non-hydrogen) atoms. The molecule has 0 saturated heterocycles. The third-order valence-corrected chi connectivity index (χ3v) is 4.83. The fourth-order valence-corrected chi connectivity index (χ4v) is 3.44. The first-order valence-electron chi connectivity index (χ1n) is 8.86. The average Bonchev–Trinajstić information content (AvgIpc) is 3.16. The third-order valence-electron chi connectivity index (χ3n) is 4.83. The molecule has 142 valence electrons. The first-order chi connectivity index (χ1) is 14.0. The van der Waals surface area contributed by atoms with Crippen LogP contribution in [-0.4, -0.2) is 19.9 Å². The zero-order valence-electron chi connectivity index (χ0n) is 14.9. The largest absolute Gasteiger partial charge is 0.416 e. The maximum absolute atomic E-state index is 12.9. The maximum Gasteiger partial charge on any atom is 0.416 e. The molecule has 4 nitrogen and oxygen atoms in total. The molecule has 0 fully saturated rings. The van der Waals surface area contributed by atoms with Crippen LogP contribution < -0.4 is 0 Å². The van der Waals surface area contributed by atoms with Crippen LogP contribution >= 0.6 is 0 Å². The van der Waals surface area contributed by atoms with E-state index < -0.39 is 11.7 Å². The van der Waals surface area contributed by atoms with E-state index in [1.165, 1.54) is 12.1 Å². The summed E-state index contributed by atoms with van der Waals surface area (Å²) in [6, 6.07) is 14.5. The standard InChI is InChI=1S/C22H13F3N4/c23-22(24,25)14-7-5-13(6-8-14)19-11-17(15-3-1-10-27-21(15)29-19)18-12-28-20-16(18)4-2-9-26-20/h1-12H,(H,26,28). The molecule has 0 spiro atoms. The van der Waals surface area contributed by atoms with E-state index in [4.69, 9.17) is 0 Å². The van der Waals surface area contributed by atoms with Crippen molar-refractivity contribution in [2.45, 2.75) is 6.18 Å². The van der Waals surface area contributed by atoms with Crippen LogP contribution in [0.4, 0.5) is 13.2 Å². The van der Waals surface area contributed by atoms with E-state index >= 15 is 0 Å². The van der Waals surface area contributed by atoms with E-state index in [9.17, 15) is 13.2 Å². The Morgan fingerprint density at radius 3 is 2.28 bits per heavy atom. The minimum absolute atomic E-state index is 0.526. The molecule has 5 rings (SSSR count). The van der Waals surface area contributed by atoms with Crippen LogP contribution in [0.1, 0.15) is 5.56 Å². The van der Waals surface area contributed by atoms with E-state index in [1.54, 1.807) is 12.4 Å². The zero-order valence-corrected chi connectivity index (χ0v) is 14.9. The van der Waals surface area contributed by atoms with E-state index in [2.05, 4.69) is 19.9 Å². The average molecular weight is 390 g/mol. The molecule has 0 aliphatic carbocycles. The van der Waals surface area contributed by atoms with Crippen molar-refractivity contribution in [3.05, 3.63) is 78.8 Å². The Balaban J connectivity index is 1.73. The minimum Gasteiger partial charge on any atom is -0.346 e. The lowest BCUT2D eigenvalue weighted by Gasteiger charge is -2.10. The van der Waals surface area contributed by atoms with Gasteiger partial charge in [-0.2, -0.15) is 13.2 Å². The predicted molar refractivity (Wildman–Crippen MR) is 105 cm³/mol. The van der Waals surface area contributed by atoms with Crippen molar-refractivity contribution < 1.29 is 13.2 Å². The van der Waals surface area contributed by atoms with Gasteiger partial charge in [0.2, 0.25) is 0 Å². The number of nitrogens with zero attached hydrogens (tertiary/aromatic N) is 3. The molecular formula is C22H13F3N4. The van der Waals surface area contributed by atoms with E-state index in [1.807, 2.05) is 36.5 Å². The van der Waals surface area contributed by atoms with E-state index in [0.29, 0.717) is 16.9 Å². The number of nitrogens with one attached hydrogen (secondary N) is 1. The summed E-state index contributed by atoms with van der Waals surface area (Å²) in [5.41, 5.74) is 3.55. The molecule has 0 radical (unpaired) electrons. The number of halogens is 3. The number of benzene rings is 1. The first kappa shape index (κ1) is 17.4. The lowest BCUT2D eigenvalue weighted by atomic mass is 9.99. The highest BCUT2D eigenvalue weighted by Crippen LogP contribution is 2.36. The summed E-state index contributed by atoms with van der Waals surface area (Å²) in [7, 11) is 0. The van der Waals surface area contributed by atoms with Crippen molar-refractivity contribution >= 4 is 22.1 Å². The fourth-order valence-electron chi connectivity index (χ4n) is 3.44. The highest BCUT2D eigenvalue weighted by Gasteiger charge is 2.30. The molecule has 0 amide bonds. The number of hydrogen-bond acceptors (Lipinski definition) is 3. The van der Waals surface area contributed by atoms with Crippen LogP contribution in [0.3, 0.4) is 0 Å². The van der Waals surface area contributed by atoms with Crippen LogP contribution in [0.15, 0.2) is 73.2 Å².